The maximum absolute atomic E-state index is 3.74. The molecule has 2 unspecified atom stereocenters. The molecule has 1 rings (SSSR count). The molecule has 2 heteroatoms. The van der Waals surface area contributed by atoms with Crippen LogP contribution in [0.5, 0.6) is 0 Å². The maximum atomic E-state index is 3.74. The maximum Gasteiger partial charge on any atom is 0.0390 e. The van der Waals surface area contributed by atoms with E-state index in [-0.39, 0.29) is 0 Å². The Bertz CT molecular complexity index is 228. The van der Waals surface area contributed by atoms with Crippen molar-refractivity contribution >= 4 is 11.3 Å². The van der Waals surface area contributed by atoms with Crippen LogP contribution < -0.4 is 5.32 Å². The van der Waals surface area contributed by atoms with Crippen LogP contribution in [0.2, 0.25) is 0 Å². The molecule has 1 aromatic heterocycles. The predicted octanol–water partition coefficient (Wildman–Crippen LogP) is 2.97. The van der Waals surface area contributed by atoms with Crippen LogP contribution in [0, 0.1) is 0 Å². The van der Waals surface area contributed by atoms with E-state index in [2.05, 4.69) is 43.3 Å². The van der Waals surface area contributed by atoms with Gasteiger partial charge in [-0.2, -0.15) is 0 Å². The molecule has 0 saturated heterocycles. The summed E-state index contributed by atoms with van der Waals surface area (Å²) in [5.74, 6) is 0. The van der Waals surface area contributed by atoms with Crippen molar-refractivity contribution in [2.24, 2.45) is 0 Å². The summed E-state index contributed by atoms with van der Waals surface area (Å²) >= 11 is 1.79. The van der Waals surface area contributed by atoms with Gasteiger partial charge in [0.2, 0.25) is 0 Å². The van der Waals surface area contributed by atoms with Crippen LogP contribution in [0.3, 0.4) is 0 Å². The Labute approximate surface area is 78.1 Å². The van der Waals surface area contributed by atoms with E-state index in [0.717, 1.165) is 0 Å². The lowest BCUT2D eigenvalue weighted by Gasteiger charge is -2.15. The van der Waals surface area contributed by atoms with Crippen LogP contribution in [-0.4, -0.2) is 6.04 Å². The summed E-state index contributed by atoms with van der Waals surface area (Å²) in [6.45, 7) is 8.02. The summed E-state index contributed by atoms with van der Waals surface area (Å²) in [7, 11) is 0. The van der Waals surface area contributed by atoms with Crippen molar-refractivity contribution < 1.29 is 0 Å². The van der Waals surface area contributed by atoms with Gasteiger partial charge in [0.1, 0.15) is 0 Å². The van der Waals surface area contributed by atoms with Crippen LogP contribution in [-0.2, 0) is 0 Å². The highest BCUT2D eigenvalue weighted by Crippen LogP contribution is 2.18. The minimum Gasteiger partial charge on any atom is -0.303 e. The Kier molecular flexibility index (Phi) is 3.50. The first kappa shape index (κ1) is 9.49. The van der Waals surface area contributed by atoms with E-state index in [4.69, 9.17) is 0 Å². The monoisotopic (exact) mass is 181 g/mol. The second kappa shape index (κ2) is 4.43. The zero-order chi connectivity index (χ0) is 8.97. The largest absolute Gasteiger partial charge is 0.303 e. The highest BCUT2D eigenvalue weighted by Gasteiger charge is 2.06. The Balaban J connectivity index is 2.49. The van der Waals surface area contributed by atoms with E-state index in [9.17, 15) is 0 Å². The summed E-state index contributed by atoms with van der Waals surface area (Å²) in [5, 5.41) is 5.53. The molecule has 0 spiro atoms. The molecule has 0 bridgehead atoms. The van der Waals surface area contributed by atoms with E-state index < -0.39 is 0 Å². The third kappa shape index (κ3) is 2.47. The number of rotatable bonds is 4. The molecule has 2 atom stereocenters. The molecule has 66 valence electrons. The summed E-state index contributed by atoms with van der Waals surface area (Å²) in [6.07, 6.45) is 1.92. The van der Waals surface area contributed by atoms with Gasteiger partial charge < -0.3 is 5.32 Å². The number of hydrogen-bond donors (Lipinski definition) is 1. The molecule has 0 aromatic carbocycles. The van der Waals surface area contributed by atoms with Crippen LogP contribution in [0.1, 0.15) is 24.8 Å². The summed E-state index contributed by atoms with van der Waals surface area (Å²) in [5.41, 5.74) is 0. The lowest BCUT2D eigenvalue weighted by Crippen LogP contribution is -2.26. The quantitative estimate of drug-likeness (QED) is 0.704. The first-order chi connectivity index (χ1) is 5.74. The zero-order valence-corrected chi connectivity index (χ0v) is 8.40. The molecule has 0 aliphatic heterocycles. The van der Waals surface area contributed by atoms with Gasteiger partial charge in [0, 0.05) is 17.0 Å². The fourth-order valence-electron chi connectivity index (χ4n) is 1.08. The fourth-order valence-corrected chi connectivity index (χ4v) is 1.83. The van der Waals surface area contributed by atoms with Gasteiger partial charge in [0.15, 0.2) is 0 Å². The molecule has 1 N–H and O–H groups in total. The molecule has 0 aliphatic rings. The van der Waals surface area contributed by atoms with E-state index in [1.807, 2.05) is 6.08 Å². The van der Waals surface area contributed by atoms with Gasteiger partial charge in [-0.3, -0.25) is 0 Å². The zero-order valence-electron chi connectivity index (χ0n) is 7.58. The van der Waals surface area contributed by atoms with Crippen molar-refractivity contribution in [2.75, 3.05) is 0 Å². The van der Waals surface area contributed by atoms with E-state index in [0.29, 0.717) is 12.1 Å². The summed E-state index contributed by atoms with van der Waals surface area (Å²) in [4.78, 5) is 1.38. The highest BCUT2D eigenvalue weighted by molar-refractivity contribution is 7.10. The number of thiophene rings is 1. The number of nitrogens with one attached hydrogen (secondary N) is 1. The second-order valence-corrected chi connectivity index (χ2v) is 3.91. The summed E-state index contributed by atoms with van der Waals surface area (Å²) < 4.78 is 0. The van der Waals surface area contributed by atoms with Crippen molar-refractivity contribution in [1.29, 1.82) is 0 Å². The topological polar surface area (TPSA) is 12.0 Å². The van der Waals surface area contributed by atoms with Gasteiger partial charge in [0.05, 0.1) is 0 Å². The Morgan fingerprint density at radius 1 is 1.58 bits per heavy atom. The van der Waals surface area contributed by atoms with Gasteiger partial charge in [-0.05, 0) is 25.3 Å². The highest BCUT2D eigenvalue weighted by atomic mass is 32.1. The van der Waals surface area contributed by atoms with Crippen molar-refractivity contribution in [1.82, 2.24) is 5.32 Å². The fraction of sp³-hybridized carbons (Fsp3) is 0.400. The van der Waals surface area contributed by atoms with Crippen LogP contribution in [0.25, 0.3) is 0 Å². The molecule has 0 fully saturated rings. The lowest BCUT2D eigenvalue weighted by molar-refractivity contribution is 0.544. The first-order valence-electron chi connectivity index (χ1n) is 4.16. The van der Waals surface area contributed by atoms with Crippen molar-refractivity contribution in [3.05, 3.63) is 35.0 Å². The van der Waals surface area contributed by atoms with Gasteiger partial charge in [-0.25, -0.2) is 0 Å². The molecule has 1 heterocycles. The Morgan fingerprint density at radius 3 is 2.83 bits per heavy atom. The summed E-state index contributed by atoms with van der Waals surface area (Å²) in [6, 6.07) is 5.04. The molecule has 0 saturated carbocycles. The standard InChI is InChI=1S/C10H15NS/c1-4-8(2)11-9(3)10-6-5-7-12-10/h4-9,11H,1H2,2-3H3. The van der Waals surface area contributed by atoms with Gasteiger partial charge in [-0.1, -0.05) is 12.1 Å². The molecular formula is C10H15NS. The van der Waals surface area contributed by atoms with E-state index >= 15 is 0 Å². The van der Waals surface area contributed by atoms with Crippen molar-refractivity contribution in [3.63, 3.8) is 0 Å². The first-order valence-corrected chi connectivity index (χ1v) is 5.04. The molecule has 0 aliphatic carbocycles. The molecule has 0 amide bonds. The van der Waals surface area contributed by atoms with E-state index in [1.54, 1.807) is 11.3 Å². The Morgan fingerprint density at radius 2 is 2.33 bits per heavy atom. The minimum atomic E-state index is 0.377. The average Bonchev–Trinajstić information content (AvgIpc) is 2.56. The predicted molar refractivity (Wildman–Crippen MR) is 55.5 cm³/mol. The molecule has 0 radical (unpaired) electrons. The smallest absolute Gasteiger partial charge is 0.0390 e. The van der Waals surface area contributed by atoms with Gasteiger partial charge in [0.25, 0.3) is 0 Å². The van der Waals surface area contributed by atoms with Gasteiger partial charge >= 0.3 is 0 Å². The normalized spacial score (nSPS) is 15.5. The SMILES string of the molecule is C=CC(C)NC(C)c1cccs1. The van der Waals surface area contributed by atoms with Crippen LogP contribution in [0.15, 0.2) is 30.2 Å². The molecule has 1 nitrogen and oxygen atoms in total. The number of hydrogen-bond acceptors (Lipinski definition) is 2. The van der Waals surface area contributed by atoms with Crippen LogP contribution >= 0.6 is 11.3 Å². The molecule has 1 aromatic rings. The molecule has 12 heavy (non-hydrogen) atoms. The lowest BCUT2D eigenvalue weighted by atomic mass is 10.2. The van der Waals surface area contributed by atoms with Crippen molar-refractivity contribution in [3.8, 4) is 0 Å². The van der Waals surface area contributed by atoms with Gasteiger partial charge in [-0.15, -0.1) is 17.9 Å². The molecular weight excluding hydrogens is 166 g/mol. The van der Waals surface area contributed by atoms with Crippen LogP contribution in [0.4, 0.5) is 0 Å². The minimum absolute atomic E-state index is 0.377. The van der Waals surface area contributed by atoms with E-state index in [1.165, 1.54) is 4.88 Å². The third-order valence-electron chi connectivity index (χ3n) is 1.84. The second-order valence-electron chi connectivity index (χ2n) is 2.93. The Hall–Kier alpha value is -0.600. The van der Waals surface area contributed by atoms with Crippen molar-refractivity contribution in [2.45, 2.75) is 25.9 Å². The average molecular weight is 181 g/mol. The third-order valence-corrected chi connectivity index (χ3v) is 2.89.